The number of aliphatic hydroxyl groups is 2. The van der Waals surface area contributed by atoms with Crippen molar-refractivity contribution < 1.29 is 47.2 Å². The molecule has 55 heavy (non-hydrogen) atoms. The van der Waals surface area contributed by atoms with Gasteiger partial charge in [-0.1, -0.05) is 50.3 Å². The molecule has 0 aromatic heterocycles. The molecule has 1 amide bonds. The number of Topliss-reactive ketones (excluding diaryl/α,β-unsaturated/α-hetero) is 1. The summed E-state index contributed by atoms with van der Waals surface area (Å²) in [7, 11) is 4.70. The lowest BCUT2D eigenvalue weighted by Crippen LogP contribution is -2.67. The lowest BCUT2D eigenvalue weighted by Gasteiger charge is -2.71. The largest absolute Gasteiger partial charge is 0.493 e. The fourth-order valence-corrected chi connectivity index (χ4v) is 11.9. The van der Waals surface area contributed by atoms with Gasteiger partial charge in [-0.05, 0) is 98.4 Å². The number of rotatable bonds is 12. The maximum atomic E-state index is 14.8. The third kappa shape index (κ3) is 6.14. The Morgan fingerprint density at radius 3 is 2.33 bits per heavy atom. The predicted octanol–water partition coefficient (Wildman–Crippen LogP) is 7.60. The Balaban J connectivity index is 1.27. The van der Waals surface area contributed by atoms with Crippen LogP contribution in [0.4, 0.5) is 13.2 Å². The quantitative estimate of drug-likeness (QED) is 0.130. The summed E-state index contributed by atoms with van der Waals surface area (Å²) in [5, 5.41) is 24.0. The van der Waals surface area contributed by atoms with Gasteiger partial charge in [-0.2, -0.15) is 13.2 Å². The molecular weight excluding hydrogens is 711 g/mol. The highest BCUT2D eigenvalue weighted by Gasteiger charge is 2.74. The first-order valence-corrected chi connectivity index (χ1v) is 19.5. The van der Waals surface area contributed by atoms with E-state index in [4.69, 9.17) is 14.2 Å². The van der Waals surface area contributed by atoms with Crippen LogP contribution in [0.3, 0.4) is 0 Å². The number of carbonyl (C=O) groups excluding carboxylic acids is 2. The third-order valence-corrected chi connectivity index (χ3v) is 14.8. The van der Waals surface area contributed by atoms with Crippen molar-refractivity contribution in [2.75, 3.05) is 41.0 Å². The Hall–Kier alpha value is -3.67. The third-order valence-electron chi connectivity index (χ3n) is 14.8. The van der Waals surface area contributed by atoms with E-state index in [-0.39, 0.29) is 41.7 Å². The lowest BCUT2D eigenvalue weighted by molar-refractivity contribution is -0.178. The fourth-order valence-electron chi connectivity index (χ4n) is 11.9. The molecule has 0 radical (unpaired) electrons. The fraction of sp³-hybridized carbons (Fsp3) is 0.591. The summed E-state index contributed by atoms with van der Waals surface area (Å²) in [5.41, 5.74) is -3.51. The van der Waals surface area contributed by atoms with Crippen LogP contribution >= 0.6 is 0 Å². The van der Waals surface area contributed by atoms with Crippen LogP contribution in [0.2, 0.25) is 0 Å². The number of alkyl halides is 3. The molecule has 0 heterocycles. The average Bonchev–Trinajstić information content (AvgIpc) is 3.43. The van der Waals surface area contributed by atoms with Gasteiger partial charge in [0.1, 0.15) is 0 Å². The number of carbonyl (C=O) groups is 2. The molecule has 0 saturated heterocycles. The normalized spacial score (nSPS) is 34.7. The van der Waals surface area contributed by atoms with Gasteiger partial charge in [0.15, 0.2) is 17.3 Å². The van der Waals surface area contributed by atoms with E-state index in [1.54, 1.807) is 38.4 Å². The number of allylic oxidation sites excluding steroid dienone is 4. The molecule has 11 heteroatoms. The number of fused-ring (bicyclic) bond motifs is 1. The summed E-state index contributed by atoms with van der Waals surface area (Å²) < 4.78 is 58.0. The highest BCUT2D eigenvalue weighted by molar-refractivity contribution is 6.10. The van der Waals surface area contributed by atoms with Crippen LogP contribution < -0.4 is 9.47 Å². The van der Waals surface area contributed by atoms with E-state index < -0.39 is 45.5 Å². The molecule has 6 aliphatic carbocycles. The minimum absolute atomic E-state index is 0.0183. The van der Waals surface area contributed by atoms with Crippen molar-refractivity contribution in [1.82, 2.24) is 4.90 Å². The minimum Gasteiger partial charge on any atom is -0.493 e. The number of ether oxygens (including phenoxy) is 3. The molecule has 3 saturated carbocycles. The molecule has 2 aromatic rings. The Kier molecular flexibility index (Phi) is 10.1. The van der Waals surface area contributed by atoms with Crippen molar-refractivity contribution >= 4 is 11.7 Å². The molecule has 8 unspecified atom stereocenters. The van der Waals surface area contributed by atoms with Gasteiger partial charge >= 0.3 is 6.18 Å². The number of benzene rings is 2. The summed E-state index contributed by atoms with van der Waals surface area (Å²) in [6.07, 6.45) is 5.93. The Labute approximate surface area is 321 Å². The van der Waals surface area contributed by atoms with Gasteiger partial charge in [-0.15, -0.1) is 0 Å². The maximum absolute atomic E-state index is 14.8. The van der Waals surface area contributed by atoms with Crippen molar-refractivity contribution in [3.05, 3.63) is 83.0 Å². The Morgan fingerprint density at radius 1 is 0.909 bits per heavy atom. The van der Waals surface area contributed by atoms with Gasteiger partial charge < -0.3 is 29.3 Å². The van der Waals surface area contributed by atoms with E-state index >= 15 is 0 Å². The van der Waals surface area contributed by atoms with Crippen LogP contribution in [0.25, 0.3) is 0 Å². The van der Waals surface area contributed by atoms with Crippen molar-refractivity contribution in [2.45, 2.75) is 89.5 Å². The highest BCUT2D eigenvalue weighted by Crippen LogP contribution is 2.78. The maximum Gasteiger partial charge on any atom is 0.416 e. The van der Waals surface area contributed by atoms with Gasteiger partial charge in [0.2, 0.25) is 5.91 Å². The molecule has 3 fully saturated rings. The van der Waals surface area contributed by atoms with Crippen LogP contribution in [-0.2, 0) is 22.1 Å². The molecule has 2 aromatic carbocycles. The standard InChI is InChI=1S/C44H54F3NO7/c1-39-15-12-31(49)25-41(39)18-19-43(32(26-41)38(51)29-8-6-9-30(24-29)44(45,46)47)35(39)13-16-40(2)36(43)14-17-42(40,52)27-48(20-7-21-53-3)37(50)23-28-10-11-33(54-4)34(22-28)55-5/h6,8-11,18-19,22,24,26,31,35-36,49,52H,7,12-17,20-21,23,25,27H2,1-5H3. The van der Waals surface area contributed by atoms with Gasteiger partial charge in [0.25, 0.3) is 0 Å². The molecule has 8 rings (SSSR count). The number of methoxy groups -OCH3 is 3. The average molecular weight is 766 g/mol. The Bertz CT molecular complexity index is 1890. The lowest BCUT2D eigenvalue weighted by atomic mass is 9.32. The van der Waals surface area contributed by atoms with E-state index in [0.717, 1.165) is 24.1 Å². The van der Waals surface area contributed by atoms with Gasteiger partial charge in [-0.25, -0.2) is 0 Å². The molecule has 8 atom stereocenters. The van der Waals surface area contributed by atoms with E-state index in [1.165, 1.54) is 12.1 Å². The summed E-state index contributed by atoms with van der Waals surface area (Å²) in [6, 6.07) is 10.0. The smallest absolute Gasteiger partial charge is 0.416 e. The van der Waals surface area contributed by atoms with Gasteiger partial charge in [0, 0.05) is 54.2 Å². The molecular formula is C44H54F3NO7. The summed E-state index contributed by atoms with van der Waals surface area (Å²) in [6.45, 7) is 5.26. The first kappa shape index (κ1) is 39.6. The SMILES string of the molecule is COCCCN(CC1(O)CCC2C34C=CC5(C=C3C(=O)c3cccc(C(F)(F)F)c3)CC(O)CCC5(C)C4CCC21C)C(=O)Cc1ccc(OC)c(OC)c1. The van der Waals surface area contributed by atoms with Crippen LogP contribution in [0, 0.1) is 33.5 Å². The number of amides is 1. The van der Waals surface area contributed by atoms with E-state index in [9.17, 15) is 33.0 Å². The number of hydrogen-bond donors (Lipinski definition) is 2. The topological polar surface area (TPSA) is 106 Å². The monoisotopic (exact) mass is 765 g/mol. The molecule has 298 valence electrons. The van der Waals surface area contributed by atoms with Gasteiger partial charge in [-0.3, -0.25) is 9.59 Å². The Morgan fingerprint density at radius 2 is 1.62 bits per heavy atom. The van der Waals surface area contributed by atoms with Crippen molar-refractivity contribution in [3.63, 3.8) is 0 Å². The van der Waals surface area contributed by atoms with Gasteiger partial charge in [0.05, 0.1) is 37.9 Å². The van der Waals surface area contributed by atoms with E-state index in [1.807, 2.05) is 12.1 Å². The molecule has 2 spiro atoms. The van der Waals surface area contributed by atoms with Crippen molar-refractivity contribution in [2.24, 2.45) is 33.5 Å². The zero-order valence-electron chi connectivity index (χ0n) is 32.5. The van der Waals surface area contributed by atoms with E-state index in [2.05, 4.69) is 26.0 Å². The van der Waals surface area contributed by atoms with Crippen LogP contribution in [0.15, 0.2) is 66.3 Å². The second-order valence-corrected chi connectivity index (χ2v) is 17.2. The first-order valence-electron chi connectivity index (χ1n) is 19.5. The number of halogens is 3. The van der Waals surface area contributed by atoms with Crippen LogP contribution in [0.1, 0.15) is 86.7 Å². The molecule has 2 N–H and O–H groups in total. The molecule has 0 aliphatic heterocycles. The summed E-state index contributed by atoms with van der Waals surface area (Å²) in [5.74, 6) is 0.222. The minimum atomic E-state index is -4.61. The molecule has 8 nitrogen and oxygen atoms in total. The van der Waals surface area contributed by atoms with Crippen LogP contribution in [0.5, 0.6) is 11.5 Å². The van der Waals surface area contributed by atoms with E-state index in [0.29, 0.717) is 75.2 Å². The molecule has 6 aliphatic rings. The second-order valence-electron chi connectivity index (χ2n) is 17.2. The van der Waals surface area contributed by atoms with Crippen molar-refractivity contribution in [1.29, 1.82) is 0 Å². The number of aliphatic hydroxyl groups excluding tert-OH is 1. The highest BCUT2D eigenvalue weighted by atomic mass is 19.4. The number of ketones is 1. The van der Waals surface area contributed by atoms with Crippen molar-refractivity contribution in [3.8, 4) is 11.5 Å². The first-order chi connectivity index (χ1) is 26.0. The number of nitrogens with zero attached hydrogens (tertiary/aromatic N) is 1. The van der Waals surface area contributed by atoms with Crippen LogP contribution in [-0.4, -0.2) is 79.5 Å². The zero-order chi connectivity index (χ0) is 39.6. The second kappa shape index (κ2) is 14.1. The summed E-state index contributed by atoms with van der Waals surface area (Å²) >= 11 is 0. The molecule has 2 bridgehead atoms. The zero-order valence-corrected chi connectivity index (χ0v) is 32.5. The summed E-state index contributed by atoms with van der Waals surface area (Å²) in [4.78, 5) is 30.7. The number of hydrogen-bond acceptors (Lipinski definition) is 7. The predicted molar refractivity (Wildman–Crippen MR) is 201 cm³/mol.